The molecular weight excluding hydrogens is 344 g/mol. The molecule has 8 heteroatoms. The molecule has 0 saturated carbocycles. The summed E-state index contributed by atoms with van der Waals surface area (Å²) in [5.41, 5.74) is 0. The number of piperidine rings is 3. The van der Waals surface area contributed by atoms with Gasteiger partial charge >= 0.3 is 0 Å². The van der Waals surface area contributed by atoms with Crippen LogP contribution in [-0.4, -0.2) is 46.2 Å². The van der Waals surface area contributed by atoms with Crippen molar-refractivity contribution in [1.29, 1.82) is 0 Å². The number of rotatable bonds is 4. The largest absolute Gasteiger partial charge is 0.419 e. The Morgan fingerprint density at radius 3 is 2.75 bits per heavy atom. The highest BCUT2D eigenvalue weighted by Crippen LogP contribution is 2.34. The van der Waals surface area contributed by atoms with Crippen molar-refractivity contribution in [2.45, 2.75) is 38.8 Å². The Kier molecular flexibility index (Phi) is 4.28. The Bertz CT molecular complexity index is 734. The fourth-order valence-corrected chi connectivity index (χ4v) is 5.03. The van der Waals surface area contributed by atoms with Gasteiger partial charge < -0.3 is 10.1 Å². The van der Waals surface area contributed by atoms with E-state index in [2.05, 4.69) is 27.3 Å². The first-order chi connectivity index (χ1) is 11.6. The normalized spacial score (nSPS) is 28.8. The lowest BCUT2D eigenvalue weighted by atomic mass is 9.79. The summed E-state index contributed by atoms with van der Waals surface area (Å²) in [5.74, 6) is 0.600. The third kappa shape index (κ3) is 3.05. The maximum absolute atomic E-state index is 12.6. The first-order valence-electron chi connectivity index (χ1n) is 8.23. The highest BCUT2D eigenvalue weighted by atomic mass is 32.1. The number of hydrogen-bond acceptors (Lipinski definition) is 7. The summed E-state index contributed by atoms with van der Waals surface area (Å²) in [6, 6.07) is 4.30. The quantitative estimate of drug-likeness (QED) is 0.903. The van der Waals surface area contributed by atoms with Crippen LogP contribution in [0.3, 0.4) is 0 Å². The molecule has 2 bridgehead atoms. The summed E-state index contributed by atoms with van der Waals surface area (Å²) >= 11 is 2.74. The fraction of sp³-hybridized carbons (Fsp3) is 0.562. The second-order valence-electron chi connectivity index (χ2n) is 6.42. The number of aromatic nitrogens is 2. The van der Waals surface area contributed by atoms with Crippen molar-refractivity contribution in [3.63, 3.8) is 0 Å². The maximum atomic E-state index is 12.6. The van der Waals surface area contributed by atoms with Crippen LogP contribution in [0.1, 0.15) is 34.4 Å². The molecule has 128 valence electrons. The maximum Gasteiger partial charge on any atom is 0.300 e. The number of nitrogens with one attached hydrogen (secondary N) is 1. The number of hydrogen-bond donors (Lipinski definition) is 1. The average Bonchev–Trinajstić information content (AvgIpc) is 3.21. The number of nitrogens with zero attached hydrogens (tertiary/aromatic N) is 3. The highest BCUT2D eigenvalue weighted by molar-refractivity contribution is 7.16. The van der Waals surface area contributed by atoms with E-state index in [0.29, 0.717) is 27.1 Å². The molecule has 1 amide bonds. The molecule has 0 radical (unpaired) electrons. The number of carbonyl (C=O) groups is 1. The first kappa shape index (κ1) is 16.0. The lowest BCUT2D eigenvalue weighted by Crippen LogP contribution is -2.62. The Balaban J connectivity index is 1.41. The number of thiophene rings is 1. The van der Waals surface area contributed by atoms with E-state index in [4.69, 9.17) is 4.74 Å². The summed E-state index contributed by atoms with van der Waals surface area (Å²) in [6.07, 6.45) is 2.37. The van der Waals surface area contributed by atoms with Crippen molar-refractivity contribution in [3.05, 3.63) is 22.0 Å². The number of amides is 1. The van der Waals surface area contributed by atoms with Crippen molar-refractivity contribution in [2.75, 3.05) is 13.1 Å². The highest BCUT2D eigenvalue weighted by Gasteiger charge is 2.40. The van der Waals surface area contributed by atoms with E-state index >= 15 is 0 Å². The zero-order valence-electron chi connectivity index (χ0n) is 13.7. The van der Waals surface area contributed by atoms with Crippen molar-refractivity contribution in [1.82, 2.24) is 20.4 Å². The van der Waals surface area contributed by atoms with Crippen LogP contribution in [0, 0.1) is 12.8 Å². The Hall–Kier alpha value is -1.51. The van der Waals surface area contributed by atoms with Gasteiger partial charge in [0, 0.05) is 12.1 Å². The van der Waals surface area contributed by atoms with Gasteiger partial charge in [0.05, 0.1) is 4.88 Å². The standard InChI is InChI=1S/C16H20N4O2S2/c1-9-14(11-5-7-20(9)8-6-11)17-15(21)12-3-4-13(24-12)22-16-19-18-10(2)23-16/h3-4,9,11,14H,5-8H2,1-2H3,(H,17,21)/t9-,14-/m0/s1. The number of fused-ring (bicyclic) bond motifs is 3. The van der Waals surface area contributed by atoms with Crippen LogP contribution in [0.2, 0.25) is 0 Å². The minimum atomic E-state index is -0.00565. The molecule has 1 N–H and O–H groups in total. The van der Waals surface area contributed by atoms with Gasteiger partial charge in [-0.15, -0.1) is 5.10 Å². The van der Waals surface area contributed by atoms with Gasteiger partial charge in [-0.05, 0) is 57.8 Å². The first-order valence-corrected chi connectivity index (χ1v) is 9.86. The molecular formula is C16H20N4O2S2. The topological polar surface area (TPSA) is 67.3 Å². The van der Waals surface area contributed by atoms with Crippen molar-refractivity contribution in [2.24, 2.45) is 5.92 Å². The fourth-order valence-electron chi connectivity index (χ4n) is 3.67. The molecule has 2 atom stereocenters. The molecule has 2 aromatic heterocycles. The van der Waals surface area contributed by atoms with Crippen molar-refractivity contribution >= 4 is 28.6 Å². The predicted molar refractivity (Wildman–Crippen MR) is 94.1 cm³/mol. The number of aryl methyl sites for hydroxylation is 1. The number of ether oxygens (including phenoxy) is 1. The van der Waals surface area contributed by atoms with Crippen LogP contribution in [0.4, 0.5) is 0 Å². The van der Waals surface area contributed by atoms with Gasteiger partial charge in [-0.1, -0.05) is 27.8 Å². The van der Waals surface area contributed by atoms with E-state index in [0.717, 1.165) is 18.1 Å². The molecule has 0 aromatic carbocycles. The molecule has 3 fully saturated rings. The minimum absolute atomic E-state index is 0.00565. The van der Waals surface area contributed by atoms with E-state index in [9.17, 15) is 4.79 Å². The Morgan fingerprint density at radius 2 is 2.08 bits per heavy atom. The molecule has 0 unspecified atom stereocenters. The molecule has 3 aliphatic heterocycles. The molecule has 0 aliphatic carbocycles. The molecule has 2 aromatic rings. The zero-order chi connectivity index (χ0) is 16.7. The van der Waals surface area contributed by atoms with Crippen LogP contribution >= 0.6 is 22.7 Å². The van der Waals surface area contributed by atoms with E-state index in [-0.39, 0.29) is 11.9 Å². The van der Waals surface area contributed by atoms with Crippen LogP contribution < -0.4 is 10.1 Å². The van der Waals surface area contributed by atoms with Crippen LogP contribution in [-0.2, 0) is 0 Å². The molecule has 0 spiro atoms. The predicted octanol–water partition coefficient (Wildman–Crippen LogP) is 2.91. The van der Waals surface area contributed by atoms with E-state index < -0.39 is 0 Å². The smallest absolute Gasteiger partial charge is 0.300 e. The molecule has 6 nitrogen and oxygen atoms in total. The Morgan fingerprint density at radius 1 is 1.29 bits per heavy atom. The van der Waals surface area contributed by atoms with Gasteiger partial charge in [0.25, 0.3) is 11.1 Å². The van der Waals surface area contributed by atoms with Gasteiger partial charge in [0.2, 0.25) is 0 Å². The molecule has 3 aliphatic rings. The van der Waals surface area contributed by atoms with Gasteiger partial charge in [-0.25, -0.2) is 0 Å². The van der Waals surface area contributed by atoms with E-state index in [1.165, 1.54) is 35.5 Å². The van der Waals surface area contributed by atoms with Crippen LogP contribution in [0.5, 0.6) is 10.3 Å². The monoisotopic (exact) mass is 364 g/mol. The van der Waals surface area contributed by atoms with Crippen LogP contribution in [0.25, 0.3) is 0 Å². The summed E-state index contributed by atoms with van der Waals surface area (Å²) in [7, 11) is 0. The van der Waals surface area contributed by atoms with Gasteiger partial charge in [-0.3, -0.25) is 9.69 Å². The third-order valence-electron chi connectivity index (χ3n) is 4.98. The van der Waals surface area contributed by atoms with Crippen LogP contribution in [0.15, 0.2) is 12.1 Å². The molecule has 24 heavy (non-hydrogen) atoms. The summed E-state index contributed by atoms with van der Waals surface area (Å²) in [4.78, 5) is 15.8. The van der Waals surface area contributed by atoms with Gasteiger partial charge in [0.1, 0.15) is 5.01 Å². The van der Waals surface area contributed by atoms with E-state index in [1.54, 1.807) is 0 Å². The molecule has 5 heterocycles. The third-order valence-corrected chi connectivity index (χ3v) is 6.65. The Labute approximate surface area is 148 Å². The second kappa shape index (κ2) is 6.42. The molecule has 3 saturated heterocycles. The summed E-state index contributed by atoms with van der Waals surface area (Å²) in [6.45, 7) is 6.43. The van der Waals surface area contributed by atoms with Crippen molar-refractivity contribution < 1.29 is 9.53 Å². The molecule has 5 rings (SSSR count). The zero-order valence-corrected chi connectivity index (χ0v) is 15.3. The second-order valence-corrected chi connectivity index (χ2v) is 8.61. The lowest BCUT2D eigenvalue weighted by molar-refractivity contribution is 0.0218. The SMILES string of the molecule is Cc1nnc(Oc2ccc(C(=O)N[C@@H]3C4CCN(CC4)[C@H]3C)s2)s1. The lowest BCUT2D eigenvalue weighted by Gasteiger charge is -2.49. The average molecular weight is 364 g/mol. The van der Waals surface area contributed by atoms with Gasteiger partial charge in [0.15, 0.2) is 5.06 Å². The summed E-state index contributed by atoms with van der Waals surface area (Å²) in [5, 5.41) is 13.1. The van der Waals surface area contributed by atoms with Gasteiger partial charge in [-0.2, -0.15) is 0 Å². The number of carbonyl (C=O) groups excluding carboxylic acids is 1. The minimum Gasteiger partial charge on any atom is -0.419 e. The van der Waals surface area contributed by atoms with E-state index in [1.807, 2.05) is 19.1 Å². The summed E-state index contributed by atoms with van der Waals surface area (Å²) < 4.78 is 5.67. The van der Waals surface area contributed by atoms with Crippen molar-refractivity contribution in [3.8, 4) is 10.3 Å².